The minimum atomic E-state index is -0.540. The van der Waals surface area contributed by atoms with E-state index >= 15 is 0 Å². The van der Waals surface area contributed by atoms with Crippen molar-refractivity contribution in [1.82, 2.24) is 0 Å². The average Bonchev–Trinajstić information content (AvgIpc) is 2.85. The third-order valence-electron chi connectivity index (χ3n) is 2.86. The monoisotopic (exact) mass is 340 g/mol. The number of rotatable bonds is 5. The van der Waals surface area contributed by atoms with Gasteiger partial charge in [-0.25, -0.2) is 0 Å². The van der Waals surface area contributed by atoms with Gasteiger partial charge in [-0.3, -0.25) is 0 Å². The summed E-state index contributed by atoms with van der Waals surface area (Å²) in [6.45, 7) is 4.44. The summed E-state index contributed by atoms with van der Waals surface area (Å²) >= 11 is 5.18. The van der Waals surface area contributed by atoms with Gasteiger partial charge in [-0.15, -0.1) is 11.3 Å². The zero-order valence-electron chi connectivity index (χ0n) is 11.0. The van der Waals surface area contributed by atoms with Gasteiger partial charge in [-0.1, -0.05) is 22.9 Å². The zero-order chi connectivity index (χ0) is 13.8. The predicted octanol–water partition coefficient (Wildman–Crippen LogP) is 4.71. The van der Waals surface area contributed by atoms with Crippen LogP contribution in [0.25, 0.3) is 0 Å². The lowest BCUT2D eigenvalue weighted by Crippen LogP contribution is -2.00. The maximum atomic E-state index is 9.77. The molecule has 0 saturated carbocycles. The fourth-order valence-electron chi connectivity index (χ4n) is 1.82. The van der Waals surface area contributed by atoms with Crippen molar-refractivity contribution in [2.45, 2.75) is 33.0 Å². The van der Waals surface area contributed by atoms with Gasteiger partial charge in [0.05, 0.1) is 6.10 Å². The van der Waals surface area contributed by atoms with E-state index in [0.717, 1.165) is 22.2 Å². The van der Waals surface area contributed by atoms with Gasteiger partial charge in [-0.2, -0.15) is 0 Å². The molecule has 19 heavy (non-hydrogen) atoms. The first-order valence-corrected chi connectivity index (χ1v) is 7.89. The Morgan fingerprint density at radius 2 is 2.00 bits per heavy atom. The molecule has 1 aromatic heterocycles. The lowest BCUT2D eigenvalue weighted by molar-refractivity contribution is 0.190. The molecule has 1 heterocycles. The fraction of sp³-hybridized carbons (Fsp3) is 0.333. The number of ether oxygens (including phenoxy) is 1. The normalized spacial score (nSPS) is 12.4. The van der Waals surface area contributed by atoms with Crippen molar-refractivity contribution in [3.63, 3.8) is 0 Å². The van der Waals surface area contributed by atoms with Crippen molar-refractivity contribution >= 4 is 27.3 Å². The van der Waals surface area contributed by atoms with E-state index in [1.807, 2.05) is 18.2 Å². The second kappa shape index (κ2) is 6.55. The molecule has 4 heteroatoms. The summed E-state index contributed by atoms with van der Waals surface area (Å²) in [5.41, 5.74) is 0.807. The Labute approximate surface area is 126 Å². The largest absolute Gasteiger partial charge is 0.488 e. The number of aryl methyl sites for hydroxylation is 1. The third-order valence-corrected chi connectivity index (χ3v) is 4.55. The van der Waals surface area contributed by atoms with Crippen LogP contribution in [0.5, 0.6) is 5.75 Å². The summed E-state index contributed by atoms with van der Waals surface area (Å²) in [5.74, 6) is 0.740. The first-order valence-electron chi connectivity index (χ1n) is 6.28. The lowest BCUT2D eigenvalue weighted by atomic mass is 10.1. The van der Waals surface area contributed by atoms with Crippen molar-refractivity contribution in [3.05, 3.63) is 50.1 Å². The van der Waals surface area contributed by atoms with E-state index in [4.69, 9.17) is 4.74 Å². The molecule has 0 amide bonds. The van der Waals surface area contributed by atoms with Crippen LogP contribution in [0, 0.1) is 0 Å². The number of benzene rings is 1. The van der Waals surface area contributed by atoms with Gasteiger partial charge in [0.15, 0.2) is 0 Å². The van der Waals surface area contributed by atoms with Crippen LogP contribution < -0.4 is 4.74 Å². The molecule has 1 N–H and O–H groups in total. The second-order valence-corrected chi connectivity index (χ2v) is 6.54. The summed E-state index contributed by atoms with van der Waals surface area (Å²) in [7, 11) is 0. The van der Waals surface area contributed by atoms with Crippen molar-refractivity contribution in [2.75, 3.05) is 0 Å². The van der Waals surface area contributed by atoms with Gasteiger partial charge < -0.3 is 9.84 Å². The SMILES string of the molecule is CCc1ccc(COc2ccc(Br)cc2[C@H](C)O)s1. The second-order valence-electron chi connectivity index (χ2n) is 4.37. The number of hydrogen-bond acceptors (Lipinski definition) is 3. The maximum Gasteiger partial charge on any atom is 0.125 e. The number of halogens is 1. The maximum absolute atomic E-state index is 9.77. The smallest absolute Gasteiger partial charge is 0.125 e. The molecule has 1 atom stereocenters. The molecule has 0 aliphatic heterocycles. The summed E-state index contributed by atoms with van der Waals surface area (Å²) < 4.78 is 6.77. The molecule has 0 aliphatic rings. The van der Waals surface area contributed by atoms with Gasteiger partial charge in [-0.05, 0) is 43.7 Å². The molecule has 0 saturated heterocycles. The Kier molecular flexibility index (Phi) is 5.02. The van der Waals surface area contributed by atoms with Crippen molar-refractivity contribution in [1.29, 1.82) is 0 Å². The summed E-state index contributed by atoms with van der Waals surface area (Å²) in [5, 5.41) is 9.77. The van der Waals surface area contributed by atoms with E-state index in [1.165, 1.54) is 9.75 Å². The molecule has 2 nitrogen and oxygen atoms in total. The summed E-state index contributed by atoms with van der Waals surface area (Å²) in [4.78, 5) is 2.57. The topological polar surface area (TPSA) is 29.5 Å². The third kappa shape index (κ3) is 3.81. The van der Waals surface area contributed by atoms with Crippen molar-refractivity contribution in [3.8, 4) is 5.75 Å². The quantitative estimate of drug-likeness (QED) is 0.854. The minimum absolute atomic E-state index is 0.540. The Bertz CT molecular complexity index is 549. The molecular formula is C15H17BrO2S. The van der Waals surface area contributed by atoms with Crippen LogP contribution in [0.4, 0.5) is 0 Å². The molecule has 1 aromatic carbocycles. The highest BCUT2D eigenvalue weighted by molar-refractivity contribution is 9.10. The van der Waals surface area contributed by atoms with Gasteiger partial charge in [0, 0.05) is 19.8 Å². The number of aliphatic hydroxyl groups excluding tert-OH is 1. The van der Waals surface area contributed by atoms with Gasteiger partial charge in [0.2, 0.25) is 0 Å². The molecule has 0 aliphatic carbocycles. The van der Waals surface area contributed by atoms with E-state index in [-0.39, 0.29) is 0 Å². The van der Waals surface area contributed by atoms with Crippen LogP contribution >= 0.6 is 27.3 Å². The standard InChI is InChI=1S/C15H17BrO2S/c1-3-12-5-6-13(19-12)9-18-15-7-4-11(16)8-14(15)10(2)17/h4-8,10,17H,3,9H2,1-2H3/t10-/m0/s1. The van der Waals surface area contributed by atoms with Crippen LogP contribution in [0.2, 0.25) is 0 Å². The molecule has 0 radical (unpaired) electrons. The fourth-order valence-corrected chi connectivity index (χ4v) is 3.07. The highest BCUT2D eigenvalue weighted by Gasteiger charge is 2.10. The van der Waals surface area contributed by atoms with E-state index in [1.54, 1.807) is 18.3 Å². The van der Waals surface area contributed by atoms with E-state index in [2.05, 4.69) is 35.0 Å². The Morgan fingerprint density at radius 1 is 1.26 bits per heavy atom. The predicted molar refractivity (Wildman–Crippen MR) is 82.8 cm³/mol. The Hall–Kier alpha value is -0.840. The van der Waals surface area contributed by atoms with Crippen molar-refractivity contribution in [2.24, 2.45) is 0 Å². The van der Waals surface area contributed by atoms with Crippen LogP contribution in [0.3, 0.4) is 0 Å². The highest BCUT2D eigenvalue weighted by Crippen LogP contribution is 2.29. The molecular weight excluding hydrogens is 324 g/mol. The number of aliphatic hydroxyl groups is 1. The van der Waals surface area contributed by atoms with Crippen LogP contribution in [-0.2, 0) is 13.0 Å². The van der Waals surface area contributed by atoms with E-state index in [9.17, 15) is 5.11 Å². The zero-order valence-corrected chi connectivity index (χ0v) is 13.4. The first-order chi connectivity index (χ1) is 9.10. The van der Waals surface area contributed by atoms with E-state index < -0.39 is 6.10 Å². The van der Waals surface area contributed by atoms with Crippen LogP contribution in [0.1, 0.15) is 35.3 Å². The molecule has 2 rings (SSSR count). The van der Waals surface area contributed by atoms with Gasteiger partial charge >= 0.3 is 0 Å². The molecule has 0 unspecified atom stereocenters. The first kappa shape index (κ1) is 14.6. The Morgan fingerprint density at radius 3 is 2.63 bits per heavy atom. The lowest BCUT2D eigenvalue weighted by Gasteiger charge is -2.13. The molecule has 102 valence electrons. The average molecular weight is 341 g/mol. The summed E-state index contributed by atoms with van der Waals surface area (Å²) in [6.07, 6.45) is 0.518. The summed E-state index contributed by atoms with van der Waals surface area (Å²) in [6, 6.07) is 9.95. The molecule has 2 aromatic rings. The van der Waals surface area contributed by atoms with Gasteiger partial charge in [0.1, 0.15) is 12.4 Å². The van der Waals surface area contributed by atoms with Crippen molar-refractivity contribution < 1.29 is 9.84 Å². The number of thiophene rings is 1. The van der Waals surface area contributed by atoms with E-state index in [0.29, 0.717) is 6.61 Å². The Balaban J connectivity index is 2.10. The number of hydrogen-bond donors (Lipinski definition) is 1. The molecule has 0 bridgehead atoms. The molecule has 0 spiro atoms. The minimum Gasteiger partial charge on any atom is -0.488 e. The van der Waals surface area contributed by atoms with Gasteiger partial charge in [0.25, 0.3) is 0 Å². The molecule has 0 fully saturated rings. The van der Waals surface area contributed by atoms with Crippen LogP contribution in [0.15, 0.2) is 34.8 Å². The van der Waals surface area contributed by atoms with Crippen LogP contribution in [-0.4, -0.2) is 5.11 Å². The highest BCUT2D eigenvalue weighted by atomic mass is 79.9.